The first-order valence-corrected chi connectivity index (χ1v) is 6.08. The van der Waals surface area contributed by atoms with Crippen molar-refractivity contribution >= 4 is 5.69 Å². The van der Waals surface area contributed by atoms with E-state index in [1.54, 1.807) is 11.8 Å². The molecule has 0 aliphatic rings. The molecular formula is C14H18FN3O. The van der Waals surface area contributed by atoms with Gasteiger partial charge in [-0.05, 0) is 37.6 Å². The highest BCUT2D eigenvalue weighted by Gasteiger charge is 2.13. The summed E-state index contributed by atoms with van der Waals surface area (Å²) >= 11 is 0. The Hall–Kier alpha value is -2.04. The number of hydrogen-bond acceptors (Lipinski definition) is 3. The molecule has 1 heterocycles. The Kier molecular flexibility index (Phi) is 3.74. The van der Waals surface area contributed by atoms with Crippen LogP contribution in [0.1, 0.15) is 16.8 Å². The van der Waals surface area contributed by atoms with Crippen LogP contribution in [0.3, 0.4) is 0 Å². The SMILES string of the molecule is COc1c(CNc2cc(C)cc(F)c2)c(C)nn1C. The predicted molar refractivity (Wildman–Crippen MR) is 73.0 cm³/mol. The van der Waals surface area contributed by atoms with Gasteiger partial charge in [-0.25, -0.2) is 9.07 Å². The summed E-state index contributed by atoms with van der Waals surface area (Å²) in [5.74, 6) is 0.482. The molecule has 2 rings (SSSR count). The van der Waals surface area contributed by atoms with Gasteiger partial charge in [-0.3, -0.25) is 0 Å². The number of aromatic nitrogens is 2. The Bertz CT molecular complexity index is 572. The first-order valence-electron chi connectivity index (χ1n) is 6.08. The third-order valence-electron chi connectivity index (χ3n) is 2.99. The fourth-order valence-electron chi connectivity index (χ4n) is 2.17. The van der Waals surface area contributed by atoms with Gasteiger partial charge in [0.05, 0.1) is 18.4 Å². The van der Waals surface area contributed by atoms with E-state index in [0.29, 0.717) is 6.54 Å². The van der Waals surface area contributed by atoms with Crippen LogP contribution in [0, 0.1) is 19.7 Å². The van der Waals surface area contributed by atoms with Crippen molar-refractivity contribution < 1.29 is 9.13 Å². The van der Waals surface area contributed by atoms with Gasteiger partial charge in [0, 0.05) is 19.3 Å². The molecule has 1 N–H and O–H groups in total. The normalized spacial score (nSPS) is 10.6. The van der Waals surface area contributed by atoms with Crippen molar-refractivity contribution in [3.63, 3.8) is 0 Å². The minimum Gasteiger partial charge on any atom is -0.481 e. The Morgan fingerprint density at radius 2 is 2.05 bits per heavy atom. The van der Waals surface area contributed by atoms with E-state index in [0.717, 1.165) is 28.4 Å². The van der Waals surface area contributed by atoms with Crippen molar-refractivity contribution in [1.82, 2.24) is 9.78 Å². The zero-order valence-corrected chi connectivity index (χ0v) is 11.6. The van der Waals surface area contributed by atoms with Crippen LogP contribution in [0.2, 0.25) is 0 Å². The largest absolute Gasteiger partial charge is 0.481 e. The second-order valence-corrected chi connectivity index (χ2v) is 4.57. The van der Waals surface area contributed by atoms with E-state index < -0.39 is 0 Å². The van der Waals surface area contributed by atoms with Crippen LogP contribution in [0.4, 0.5) is 10.1 Å². The second kappa shape index (κ2) is 5.30. The van der Waals surface area contributed by atoms with Crippen LogP contribution in [-0.2, 0) is 13.6 Å². The summed E-state index contributed by atoms with van der Waals surface area (Å²) in [6, 6.07) is 4.88. The van der Waals surface area contributed by atoms with Gasteiger partial charge in [-0.1, -0.05) is 0 Å². The summed E-state index contributed by atoms with van der Waals surface area (Å²) in [6.07, 6.45) is 0. The highest BCUT2D eigenvalue weighted by molar-refractivity contribution is 5.47. The van der Waals surface area contributed by atoms with Gasteiger partial charge in [0.1, 0.15) is 5.82 Å². The Morgan fingerprint density at radius 1 is 1.32 bits per heavy atom. The van der Waals surface area contributed by atoms with Crippen molar-refractivity contribution in [3.8, 4) is 5.88 Å². The van der Waals surface area contributed by atoms with Gasteiger partial charge in [0.2, 0.25) is 5.88 Å². The minimum absolute atomic E-state index is 0.239. The molecule has 0 unspecified atom stereocenters. The monoisotopic (exact) mass is 263 g/mol. The molecule has 0 amide bonds. The number of aryl methyl sites for hydroxylation is 3. The van der Waals surface area contributed by atoms with Crippen LogP contribution >= 0.6 is 0 Å². The second-order valence-electron chi connectivity index (χ2n) is 4.57. The molecule has 19 heavy (non-hydrogen) atoms. The third kappa shape index (κ3) is 2.86. The highest BCUT2D eigenvalue weighted by atomic mass is 19.1. The first-order chi connectivity index (χ1) is 9.01. The summed E-state index contributed by atoms with van der Waals surface area (Å²) in [6.45, 7) is 4.34. The van der Waals surface area contributed by atoms with Gasteiger partial charge in [0.25, 0.3) is 0 Å². The van der Waals surface area contributed by atoms with Gasteiger partial charge >= 0.3 is 0 Å². The topological polar surface area (TPSA) is 39.1 Å². The quantitative estimate of drug-likeness (QED) is 0.922. The molecule has 0 radical (unpaired) electrons. The average molecular weight is 263 g/mol. The summed E-state index contributed by atoms with van der Waals surface area (Å²) in [4.78, 5) is 0. The Morgan fingerprint density at radius 3 is 2.68 bits per heavy atom. The van der Waals surface area contributed by atoms with Crippen LogP contribution < -0.4 is 10.1 Å². The van der Waals surface area contributed by atoms with Crippen molar-refractivity contribution in [2.45, 2.75) is 20.4 Å². The maximum absolute atomic E-state index is 13.3. The molecule has 0 aliphatic heterocycles. The Labute approximate surface area is 112 Å². The molecule has 0 fully saturated rings. The number of ether oxygens (including phenoxy) is 1. The van der Waals surface area contributed by atoms with Crippen molar-refractivity contribution in [1.29, 1.82) is 0 Å². The van der Waals surface area contributed by atoms with Gasteiger partial charge in [-0.2, -0.15) is 5.10 Å². The van der Waals surface area contributed by atoms with E-state index >= 15 is 0 Å². The van der Waals surface area contributed by atoms with Crippen LogP contribution in [0.25, 0.3) is 0 Å². The smallest absolute Gasteiger partial charge is 0.216 e. The molecule has 0 saturated carbocycles. The van der Waals surface area contributed by atoms with E-state index in [4.69, 9.17) is 4.74 Å². The van der Waals surface area contributed by atoms with E-state index in [1.165, 1.54) is 12.1 Å². The zero-order valence-electron chi connectivity index (χ0n) is 11.6. The lowest BCUT2D eigenvalue weighted by molar-refractivity contribution is 0.370. The number of nitrogens with zero attached hydrogens (tertiary/aromatic N) is 2. The molecule has 5 heteroatoms. The molecule has 4 nitrogen and oxygen atoms in total. The number of benzene rings is 1. The molecule has 1 aromatic heterocycles. The summed E-state index contributed by atoms with van der Waals surface area (Å²) in [5.41, 5.74) is 3.52. The molecule has 102 valence electrons. The van der Waals surface area contributed by atoms with Crippen molar-refractivity contribution in [3.05, 3.63) is 40.8 Å². The maximum atomic E-state index is 13.3. The lowest BCUT2D eigenvalue weighted by Gasteiger charge is -2.09. The predicted octanol–water partition coefficient (Wildman–Crippen LogP) is 2.80. The first kappa shape index (κ1) is 13.4. The highest BCUT2D eigenvalue weighted by Crippen LogP contribution is 2.22. The molecule has 2 aromatic rings. The summed E-state index contributed by atoms with van der Waals surface area (Å²) in [5, 5.41) is 7.50. The van der Waals surface area contributed by atoms with Gasteiger partial charge in [0.15, 0.2) is 0 Å². The molecule has 0 bridgehead atoms. The number of rotatable bonds is 4. The molecule has 0 aliphatic carbocycles. The molecule has 1 aromatic carbocycles. The van der Waals surface area contributed by atoms with Crippen LogP contribution in [0.15, 0.2) is 18.2 Å². The van der Waals surface area contributed by atoms with Gasteiger partial charge < -0.3 is 10.1 Å². The molecule has 0 atom stereocenters. The number of hydrogen-bond donors (Lipinski definition) is 1. The number of halogens is 1. The van der Waals surface area contributed by atoms with Crippen LogP contribution in [0.5, 0.6) is 5.88 Å². The van der Waals surface area contributed by atoms with E-state index in [1.807, 2.05) is 27.0 Å². The van der Waals surface area contributed by atoms with Crippen molar-refractivity contribution in [2.24, 2.45) is 7.05 Å². The van der Waals surface area contributed by atoms with E-state index in [2.05, 4.69) is 10.4 Å². The number of methoxy groups -OCH3 is 1. The van der Waals surface area contributed by atoms with Gasteiger partial charge in [-0.15, -0.1) is 0 Å². The lowest BCUT2D eigenvalue weighted by Crippen LogP contribution is -2.03. The standard InChI is InChI=1S/C14H18FN3O/c1-9-5-11(15)7-12(6-9)16-8-13-10(2)17-18(3)14(13)19-4/h5-7,16H,8H2,1-4H3. The minimum atomic E-state index is -0.239. The fraction of sp³-hybridized carbons (Fsp3) is 0.357. The molecule has 0 spiro atoms. The lowest BCUT2D eigenvalue weighted by atomic mass is 10.2. The maximum Gasteiger partial charge on any atom is 0.216 e. The number of anilines is 1. The molecule has 0 saturated heterocycles. The van der Waals surface area contributed by atoms with Crippen molar-refractivity contribution in [2.75, 3.05) is 12.4 Å². The number of nitrogens with one attached hydrogen (secondary N) is 1. The van der Waals surface area contributed by atoms with Crippen LogP contribution in [-0.4, -0.2) is 16.9 Å². The summed E-state index contributed by atoms with van der Waals surface area (Å²) in [7, 11) is 3.45. The summed E-state index contributed by atoms with van der Waals surface area (Å²) < 4.78 is 20.3. The molecular weight excluding hydrogens is 245 g/mol. The third-order valence-corrected chi connectivity index (χ3v) is 2.99. The zero-order chi connectivity index (χ0) is 14.0. The van der Waals surface area contributed by atoms with E-state index in [-0.39, 0.29) is 5.82 Å². The Balaban J connectivity index is 2.18. The fourth-order valence-corrected chi connectivity index (χ4v) is 2.17. The van der Waals surface area contributed by atoms with E-state index in [9.17, 15) is 4.39 Å². The average Bonchev–Trinajstić information content (AvgIpc) is 2.59.